The molecule has 1 heterocycles. The first-order valence-electron chi connectivity index (χ1n) is 9.51. The van der Waals surface area contributed by atoms with Gasteiger partial charge >= 0.3 is 11.1 Å². The summed E-state index contributed by atoms with van der Waals surface area (Å²) in [5, 5.41) is 2.86. The number of hydrogen-bond donors (Lipinski definition) is 1. The number of amides is 1. The van der Waals surface area contributed by atoms with Gasteiger partial charge in [0.05, 0.1) is 22.4 Å². The fraction of sp³-hybridized carbons (Fsp3) is 0.318. The summed E-state index contributed by atoms with van der Waals surface area (Å²) in [5.74, 6) is 0.335. The van der Waals surface area contributed by atoms with Crippen LogP contribution in [0.5, 0.6) is 5.75 Å². The van der Waals surface area contributed by atoms with Crippen LogP contribution in [0.15, 0.2) is 39.9 Å². The van der Waals surface area contributed by atoms with Gasteiger partial charge in [-0.1, -0.05) is 12.1 Å². The van der Waals surface area contributed by atoms with Gasteiger partial charge in [0.1, 0.15) is 5.75 Å². The molecule has 1 aromatic heterocycles. The molecule has 0 bridgehead atoms. The van der Waals surface area contributed by atoms with Gasteiger partial charge in [0.15, 0.2) is 6.61 Å². The first kappa shape index (κ1) is 21.2. The maximum Gasteiger partial charge on any atom is 0.316 e. The molecule has 0 aliphatic carbocycles. The molecule has 0 unspecified atom stereocenters. The fourth-order valence-corrected chi connectivity index (χ4v) is 3.29. The van der Waals surface area contributed by atoms with Gasteiger partial charge in [-0.25, -0.2) is 0 Å². The van der Waals surface area contributed by atoms with Crippen LogP contribution < -0.4 is 26.1 Å². The number of hydrogen-bond acceptors (Lipinski definition) is 5. The zero-order valence-electron chi connectivity index (χ0n) is 18.1. The molecule has 3 rings (SSSR count). The van der Waals surface area contributed by atoms with Crippen molar-refractivity contribution in [3.8, 4) is 5.75 Å². The maximum absolute atomic E-state index is 12.6. The van der Waals surface area contributed by atoms with Gasteiger partial charge in [0.2, 0.25) is 0 Å². The van der Waals surface area contributed by atoms with Crippen LogP contribution in [0.2, 0.25) is 0 Å². The summed E-state index contributed by atoms with van der Waals surface area (Å²) in [6.45, 7) is 3.78. The van der Waals surface area contributed by atoms with E-state index < -0.39 is 11.1 Å². The monoisotopic (exact) mass is 410 g/mol. The van der Waals surface area contributed by atoms with Crippen molar-refractivity contribution in [2.24, 2.45) is 14.1 Å². The Kier molecular flexibility index (Phi) is 5.69. The van der Waals surface area contributed by atoms with E-state index in [1.54, 1.807) is 19.2 Å². The normalized spacial score (nSPS) is 10.9. The molecule has 0 aliphatic rings. The van der Waals surface area contributed by atoms with E-state index in [9.17, 15) is 14.4 Å². The number of carbonyl (C=O) groups is 1. The van der Waals surface area contributed by atoms with Gasteiger partial charge in [-0.3, -0.25) is 14.4 Å². The van der Waals surface area contributed by atoms with Crippen LogP contribution in [0, 0.1) is 13.8 Å². The lowest BCUT2D eigenvalue weighted by Crippen LogP contribution is -2.39. The molecule has 1 N–H and O–H groups in total. The van der Waals surface area contributed by atoms with E-state index in [1.807, 2.05) is 51.0 Å². The first-order valence-corrected chi connectivity index (χ1v) is 9.51. The minimum absolute atomic E-state index is 0.151. The Morgan fingerprint density at radius 1 is 1.03 bits per heavy atom. The van der Waals surface area contributed by atoms with Crippen molar-refractivity contribution in [3.63, 3.8) is 0 Å². The molecule has 2 aromatic carbocycles. The molecule has 0 atom stereocenters. The van der Waals surface area contributed by atoms with Gasteiger partial charge in [-0.15, -0.1) is 0 Å². The number of ether oxygens (including phenoxy) is 1. The van der Waals surface area contributed by atoms with Crippen LogP contribution >= 0.6 is 0 Å². The molecule has 3 aromatic rings. The predicted octanol–water partition coefficient (Wildman–Crippen LogP) is 1.94. The van der Waals surface area contributed by atoms with Gasteiger partial charge in [0.25, 0.3) is 5.91 Å². The fourth-order valence-electron chi connectivity index (χ4n) is 3.29. The van der Waals surface area contributed by atoms with E-state index in [1.165, 1.54) is 16.2 Å². The Morgan fingerprint density at radius 3 is 2.23 bits per heavy atom. The van der Waals surface area contributed by atoms with E-state index in [2.05, 4.69) is 5.32 Å². The van der Waals surface area contributed by atoms with Crippen LogP contribution in [0.25, 0.3) is 11.0 Å². The summed E-state index contributed by atoms with van der Waals surface area (Å²) < 4.78 is 8.30. The highest BCUT2D eigenvalue weighted by Crippen LogP contribution is 2.29. The number of carbonyl (C=O) groups excluding carboxylic acids is 1. The summed E-state index contributed by atoms with van der Waals surface area (Å²) in [6, 6.07) is 9.16. The predicted molar refractivity (Wildman–Crippen MR) is 119 cm³/mol. The second-order valence-corrected chi connectivity index (χ2v) is 7.52. The number of anilines is 2. The Bertz CT molecular complexity index is 1250. The zero-order chi connectivity index (χ0) is 22.2. The lowest BCUT2D eigenvalue weighted by Gasteiger charge is -2.21. The Balaban J connectivity index is 1.95. The lowest BCUT2D eigenvalue weighted by atomic mass is 10.1. The average molecular weight is 410 g/mol. The Hall–Kier alpha value is -3.55. The van der Waals surface area contributed by atoms with Crippen LogP contribution in [-0.4, -0.2) is 35.7 Å². The second kappa shape index (κ2) is 8.06. The molecule has 0 fully saturated rings. The molecule has 0 aliphatic heterocycles. The maximum atomic E-state index is 12.6. The third kappa shape index (κ3) is 3.80. The number of nitrogens with zero attached hydrogens (tertiary/aromatic N) is 3. The molecular formula is C22H26N4O4. The van der Waals surface area contributed by atoms with E-state index in [-0.39, 0.29) is 12.5 Å². The Labute approximate surface area is 174 Å². The van der Waals surface area contributed by atoms with Crippen molar-refractivity contribution in [3.05, 3.63) is 62.2 Å². The summed E-state index contributed by atoms with van der Waals surface area (Å²) in [6.07, 6.45) is 0. The third-order valence-corrected chi connectivity index (χ3v) is 5.28. The van der Waals surface area contributed by atoms with Gasteiger partial charge in [-0.05, 0) is 43.2 Å². The summed E-state index contributed by atoms with van der Waals surface area (Å²) in [5.41, 5.74) is 3.21. The highest BCUT2D eigenvalue weighted by molar-refractivity contribution is 5.99. The highest BCUT2D eigenvalue weighted by atomic mass is 16.5. The zero-order valence-corrected chi connectivity index (χ0v) is 18.1. The summed E-state index contributed by atoms with van der Waals surface area (Å²) in [4.78, 5) is 38.8. The average Bonchev–Trinajstić information content (AvgIpc) is 2.71. The molecule has 158 valence electrons. The summed E-state index contributed by atoms with van der Waals surface area (Å²) in [7, 11) is 6.77. The number of fused-ring (bicyclic) bond motifs is 1. The van der Waals surface area contributed by atoms with E-state index in [0.29, 0.717) is 28.2 Å². The quantitative estimate of drug-likeness (QED) is 0.650. The highest BCUT2D eigenvalue weighted by Gasteiger charge is 2.16. The van der Waals surface area contributed by atoms with Crippen LogP contribution in [0.4, 0.5) is 11.4 Å². The molecule has 8 heteroatoms. The summed E-state index contributed by atoms with van der Waals surface area (Å²) >= 11 is 0. The number of aryl methyl sites for hydroxylation is 3. The van der Waals surface area contributed by atoms with Crippen molar-refractivity contribution >= 4 is 28.3 Å². The van der Waals surface area contributed by atoms with Crippen molar-refractivity contribution in [2.45, 2.75) is 13.8 Å². The molecule has 0 spiro atoms. The first-order chi connectivity index (χ1) is 14.1. The van der Waals surface area contributed by atoms with Crippen LogP contribution in [-0.2, 0) is 18.9 Å². The van der Waals surface area contributed by atoms with Gasteiger partial charge in [-0.2, -0.15) is 0 Å². The third-order valence-electron chi connectivity index (χ3n) is 5.28. The molecule has 0 saturated heterocycles. The topological polar surface area (TPSA) is 85.6 Å². The SMILES string of the molecule is Cc1cccc(OCC(=O)Nc2cc3c(cc2N(C)C)n(C)c(=O)c(=O)n3C)c1C. The van der Waals surface area contributed by atoms with Crippen molar-refractivity contribution in [1.82, 2.24) is 9.13 Å². The van der Waals surface area contributed by atoms with Crippen molar-refractivity contribution < 1.29 is 9.53 Å². The van der Waals surface area contributed by atoms with Crippen LogP contribution in [0.1, 0.15) is 11.1 Å². The minimum atomic E-state index is -0.627. The molecular weight excluding hydrogens is 384 g/mol. The number of benzene rings is 2. The van der Waals surface area contributed by atoms with Crippen molar-refractivity contribution in [2.75, 3.05) is 30.9 Å². The van der Waals surface area contributed by atoms with E-state index in [0.717, 1.165) is 11.1 Å². The standard InChI is InChI=1S/C22H26N4O4/c1-13-8-7-9-19(14(13)2)30-12-20(27)23-15-10-17-18(11-16(15)24(3)4)26(6)22(29)21(28)25(17)5/h7-11H,12H2,1-6H3,(H,23,27). The largest absolute Gasteiger partial charge is 0.483 e. The second-order valence-electron chi connectivity index (χ2n) is 7.52. The number of aromatic nitrogens is 2. The van der Waals surface area contributed by atoms with Gasteiger partial charge in [0, 0.05) is 28.2 Å². The number of rotatable bonds is 5. The van der Waals surface area contributed by atoms with Crippen LogP contribution in [0.3, 0.4) is 0 Å². The smallest absolute Gasteiger partial charge is 0.316 e. The molecule has 0 saturated carbocycles. The number of nitrogens with one attached hydrogen (secondary N) is 1. The van der Waals surface area contributed by atoms with Crippen molar-refractivity contribution in [1.29, 1.82) is 0 Å². The molecule has 0 radical (unpaired) electrons. The minimum Gasteiger partial charge on any atom is -0.483 e. The van der Waals surface area contributed by atoms with E-state index >= 15 is 0 Å². The van der Waals surface area contributed by atoms with Gasteiger partial charge < -0.3 is 24.1 Å². The molecule has 1 amide bonds. The Morgan fingerprint density at radius 2 is 1.63 bits per heavy atom. The van der Waals surface area contributed by atoms with E-state index in [4.69, 9.17) is 4.74 Å². The molecule has 30 heavy (non-hydrogen) atoms. The molecule has 8 nitrogen and oxygen atoms in total. The lowest BCUT2D eigenvalue weighted by molar-refractivity contribution is -0.118.